The number of hydrogen-bond donors (Lipinski definition) is 1. The van der Waals surface area contributed by atoms with Gasteiger partial charge in [0.05, 0.1) is 19.3 Å². The minimum Gasteiger partial charge on any atom is -0.496 e. The Morgan fingerprint density at radius 2 is 1.75 bits per heavy atom. The monoisotopic (exact) mass is 342 g/mol. The summed E-state index contributed by atoms with van der Waals surface area (Å²) < 4.78 is 57.8. The van der Waals surface area contributed by atoms with E-state index in [0.717, 1.165) is 12.1 Å². The van der Waals surface area contributed by atoms with Gasteiger partial charge >= 0.3 is 6.18 Å². The van der Waals surface area contributed by atoms with E-state index < -0.39 is 24.2 Å². The minimum absolute atomic E-state index is 0.101. The van der Waals surface area contributed by atoms with Crippen LogP contribution in [0.1, 0.15) is 36.5 Å². The van der Waals surface area contributed by atoms with Crippen LogP contribution in [0.15, 0.2) is 30.3 Å². The summed E-state index contributed by atoms with van der Waals surface area (Å²) in [6.45, 7) is 3.06. The van der Waals surface area contributed by atoms with Gasteiger partial charge < -0.3 is 9.84 Å². The van der Waals surface area contributed by atoms with Gasteiger partial charge in [-0.2, -0.15) is 13.2 Å². The van der Waals surface area contributed by atoms with Crippen molar-refractivity contribution < 1.29 is 27.4 Å². The lowest BCUT2D eigenvalue weighted by Crippen LogP contribution is -2.06. The van der Waals surface area contributed by atoms with Gasteiger partial charge in [0.1, 0.15) is 11.6 Å². The second-order valence-electron chi connectivity index (χ2n) is 5.76. The van der Waals surface area contributed by atoms with Gasteiger partial charge in [-0.05, 0) is 40.8 Å². The van der Waals surface area contributed by atoms with E-state index in [-0.39, 0.29) is 17.2 Å². The summed E-state index contributed by atoms with van der Waals surface area (Å²) in [7, 11) is 1.36. The molecule has 2 aromatic carbocycles. The lowest BCUT2D eigenvalue weighted by atomic mass is 9.92. The number of alkyl halides is 3. The van der Waals surface area contributed by atoms with Crippen molar-refractivity contribution in [1.82, 2.24) is 0 Å². The number of ether oxygens (including phenoxy) is 1. The lowest BCUT2D eigenvalue weighted by molar-refractivity contribution is -0.137. The maximum atomic E-state index is 14.1. The molecule has 0 heterocycles. The van der Waals surface area contributed by atoms with Crippen LogP contribution in [0.4, 0.5) is 17.6 Å². The number of halogens is 4. The van der Waals surface area contributed by atoms with Crippen LogP contribution in [0.2, 0.25) is 0 Å². The molecule has 0 aliphatic carbocycles. The van der Waals surface area contributed by atoms with Crippen molar-refractivity contribution in [2.45, 2.75) is 32.5 Å². The Labute approximate surface area is 137 Å². The van der Waals surface area contributed by atoms with Gasteiger partial charge in [0.15, 0.2) is 0 Å². The third-order valence-electron chi connectivity index (χ3n) is 3.83. The molecule has 0 fully saturated rings. The number of aliphatic hydroxyl groups is 1. The Balaban J connectivity index is 2.69. The molecular formula is C18H18F4O2. The molecule has 0 atom stereocenters. The van der Waals surface area contributed by atoms with Crippen molar-refractivity contribution in [2.75, 3.05) is 7.11 Å². The molecule has 24 heavy (non-hydrogen) atoms. The maximum absolute atomic E-state index is 14.1. The third-order valence-corrected chi connectivity index (χ3v) is 3.83. The molecule has 0 saturated heterocycles. The van der Waals surface area contributed by atoms with Crippen LogP contribution in [-0.4, -0.2) is 12.2 Å². The van der Waals surface area contributed by atoms with Gasteiger partial charge in [0, 0.05) is 11.6 Å². The zero-order valence-electron chi connectivity index (χ0n) is 13.5. The topological polar surface area (TPSA) is 29.5 Å². The summed E-state index contributed by atoms with van der Waals surface area (Å²) in [5.74, 6) is -0.351. The number of benzene rings is 2. The Kier molecular flexibility index (Phi) is 5.18. The highest BCUT2D eigenvalue weighted by molar-refractivity contribution is 5.74. The normalized spacial score (nSPS) is 11.9. The second kappa shape index (κ2) is 6.81. The highest BCUT2D eigenvalue weighted by Crippen LogP contribution is 2.39. The van der Waals surface area contributed by atoms with Gasteiger partial charge in [0.25, 0.3) is 0 Å². The summed E-state index contributed by atoms with van der Waals surface area (Å²) in [4.78, 5) is 0. The van der Waals surface area contributed by atoms with E-state index in [1.54, 1.807) is 6.07 Å². The minimum atomic E-state index is -4.50. The molecular weight excluding hydrogens is 324 g/mol. The zero-order chi connectivity index (χ0) is 18.1. The van der Waals surface area contributed by atoms with Crippen LogP contribution < -0.4 is 4.74 Å². The fourth-order valence-corrected chi connectivity index (χ4v) is 2.56. The predicted octanol–water partition coefficient (Wildman–Crippen LogP) is 5.14. The molecule has 6 heteroatoms. The lowest BCUT2D eigenvalue weighted by Gasteiger charge is -2.17. The summed E-state index contributed by atoms with van der Waals surface area (Å²) in [5, 5.41) is 9.48. The van der Waals surface area contributed by atoms with Crippen LogP contribution in [0.25, 0.3) is 11.1 Å². The van der Waals surface area contributed by atoms with Crippen LogP contribution in [-0.2, 0) is 12.8 Å². The Bertz CT molecular complexity index is 737. The van der Waals surface area contributed by atoms with E-state index in [1.165, 1.54) is 19.2 Å². The molecule has 2 rings (SSSR count). The summed E-state index contributed by atoms with van der Waals surface area (Å²) in [6.07, 6.45) is -4.50. The van der Waals surface area contributed by atoms with Crippen LogP contribution in [0, 0.1) is 5.82 Å². The predicted molar refractivity (Wildman–Crippen MR) is 83.4 cm³/mol. The largest absolute Gasteiger partial charge is 0.496 e. The number of methoxy groups -OCH3 is 1. The average Bonchev–Trinajstić information content (AvgIpc) is 2.52. The Morgan fingerprint density at radius 3 is 2.25 bits per heavy atom. The highest BCUT2D eigenvalue weighted by Gasteiger charge is 2.31. The van der Waals surface area contributed by atoms with Gasteiger partial charge in [-0.25, -0.2) is 4.39 Å². The molecule has 1 N–H and O–H groups in total. The highest BCUT2D eigenvalue weighted by atomic mass is 19.4. The first-order valence-electron chi connectivity index (χ1n) is 7.37. The second-order valence-corrected chi connectivity index (χ2v) is 5.76. The first kappa shape index (κ1) is 18.3. The van der Waals surface area contributed by atoms with Crippen molar-refractivity contribution in [3.05, 3.63) is 52.8 Å². The van der Waals surface area contributed by atoms with Crippen molar-refractivity contribution in [3.63, 3.8) is 0 Å². The van der Waals surface area contributed by atoms with Crippen LogP contribution in [0.5, 0.6) is 5.75 Å². The molecule has 0 aliphatic rings. The van der Waals surface area contributed by atoms with Crippen molar-refractivity contribution >= 4 is 0 Å². The number of hydrogen-bond acceptors (Lipinski definition) is 2. The third kappa shape index (κ3) is 3.53. The van der Waals surface area contributed by atoms with E-state index in [0.29, 0.717) is 16.7 Å². The van der Waals surface area contributed by atoms with E-state index >= 15 is 0 Å². The van der Waals surface area contributed by atoms with E-state index in [4.69, 9.17) is 4.74 Å². The molecule has 0 radical (unpaired) electrons. The first-order valence-corrected chi connectivity index (χ1v) is 7.37. The van der Waals surface area contributed by atoms with Crippen molar-refractivity contribution in [3.8, 4) is 16.9 Å². The summed E-state index contributed by atoms with van der Waals surface area (Å²) in [5.41, 5.74) is 0.504. The molecule has 0 aliphatic heterocycles. The summed E-state index contributed by atoms with van der Waals surface area (Å²) in [6, 6.07) is 5.87. The average molecular weight is 342 g/mol. The fraction of sp³-hybridized carbons (Fsp3) is 0.333. The van der Waals surface area contributed by atoms with E-state index in [9.17, 15) is 22.7 Å². The molecule has 2 nitrogen and oxygen atoms in total. The smallest absolute Gasteiger partial charge is 0.416 e. The summed E-state index contributed by atoms with van der Waals surface area (Å²) >= 11 is 0. The Morgan fingerprint density at radius 1 is 1.08 bits per heavy atom. The van der Waals surface area contributed by atoms with Gasteiger partial charge in [-0.1, -0.05) is 19.9 Å². The molecule has 130 valence electrons. The maximum Gasteiger partial charge on any atom is 0.416 e. The van der Waals surface area contributed by atoms with Crippen molar-refractivity contribution in [1.29, 1.82) is 0 Å². The quantitative estimate of drug-likeness (QED) is 0.780. The van der Waals surface area contributed by atoms with Gasteiger partial charge in [-0.3, -0.25) is 0 Å². The SMILES string of the molecule is COc1cc(F)c(C(C)C)cc1-c1ccc(C(F)(F)F)cc1CO. The van der Waals surface area contributed by atoms with Crippen molar-refractivity contribution in [2.24, 2.45) is 0 Å². The van der Waals surface area contributed by atoms with E-state index in [2.05, 4.69) is 0 Å². The number of aliphatic hydroxyl groups excluding tert-OH is 1. The molecule has 0 unspecified atom stereocenters. The molecule has 2 aromatic rings. The first-order chi connectivity index (χ1) is 11.2. The van der Waals surface area contributed by atoms with Crippen LogP contribution in [0.3, 0.4) is 0 Å². The van der Waals surface area contributed by atoms with E-state index in [1.807, 2.05) is 13.8 Å². The molecule has 0 amide bonds. The number of rotatable bonds is 4. The standard InChI is InChI=1S/C18H18F4O2/c1-10(2)14-7-15(17(24-3)8-16(14)19)13-5-4-12(18(20,21)22)6-11(13)9-23/h4-8,10,23H,9H2,1-3H3. The molecule has 0 saturated carbocycles. The van der Waals surface area contributed by atoms with Gasteiger partial charge in [-0.15, -0.1) is 0 Å². The molecule has 0 bridgehead atoms. The molecule has 0 spiro atoms. The zero-order valence-corrected chi connectivity index (χ0v) is 13.5. The van der Waals surface area contributed by atoms with Crippen LogP contribution >= 0.6 is 0 Å². The molecule has 0 aromatic heterocycles. The van der Waals surface area contributed by atoms with Gasteiger partial charge in [0.2, 0.25) is 0 Å². The Hall–Kier alpha value is -2.08. The fourth-order valence-electron chi connectivity index (χ4n) is 2.56.